The monoisotopic (exact) mass is 586 g/mol. The van der Waals surface area contributed by atoms with E-state index in [1.54, 1.807) is 18.2 Å². The third-order valence-electron chi connectivity index (χ3n) is 10.3. The summed E-state index contributed by atoms with van der Waals surface area (Å²) in [6.07, 6.45) is 4.31. The summed E-state index contributed by atoms with van der Waals surface area (Å²) in [5.74, 6) is 1.08. The number of halogens is 2. The Morgan fingerprint density at radius 2 is 1.65 bits per heavy atom. The van der Waals surface area contributed by atoms with E-state index in [4.69, 9.17) is 14.3 Å². The Balaban J connectivity index is 0.00000105. The second-order valence-electron chi connectivity index (χ2n) is 12.4. The number of piperidine rings is 1. The Morgan fingerprint density at radius 3 is 2.40 bits per heavy atom. The first-order chi connectivity index (χ1) is 20.8. The molecular weight excluding hydrogens is 550 g/mol. The highest BCUT2D eigenvalue weighted by molar-refractivity contribution is 6.09. The fraction of sp³-hybridized carbons (Fsp3) is 0.429. The molecule has 4 aliphatic rings. The summed E-state index contributed by atoms with van der Waals surface area (Å²) in [7, 11) is 0. The molecule has 3 fully saturated rings. The van der Waals surface area contributed by atoms with Crippen molar-refractivity contribution in [2.75, 3.05) is 18.0 Å². The predicted molar refractivity (Wildman–Crippen MR) is 156 cm³/mol. The molecule has 0 unspecified atom stereocenters. The average Bonchev–Trinajstić information content (AvgIpc) is 3.48. The first-order valence-electron chi connectivity index (χ1n) is 15.1. The molecule has 1 saturated carbocycles. The maximum atomic E-state index is 14.5. The van der Waals surface area contributed by atoms with Crippen molar-refractivity contribution in [2.45, 2.75) is 63.3 Å². The number of amides is 1. The standard InChI is InChI=1S/C34H36F2N2O2.CO2/c1-22-28-18-32-34(29-10-2-3-11-30(29)38(33(34)39)19-23-6-4-8-26(35)16-23)14-15-37(32)20-25(28)12-13-31(22)40-21-24-7-5-9-27(36)17-24;2-1-3/h2-11,16-17,22,25,28,31-32H,12-15,18-21H2,1H3;/t22-,25+,28-,31+,32+,34+;/m1./s1. The largest absolute Gasteiger partial charge is 0.373 e. The lowest BCUT2D eigenvalue weighted by molar-refractivity contribution is -0.191. The second-order valence-corrected chi connectivity index (χ2v) is 12.4. The number of anilines is 1. The minimum Gasteiger partial charge on any atom is -0.373 e. The lowest BCUT2D eigenvalue weighted by Gasteiger charge is -2.51. The number of hydrogen-bond acceptors (Lipinski definition) is 5. The van der Waals surface area contributed by atoms with Crippen LogP contribution in [0.1, 0.15) is 49.3 Å². The van der Waals surface area contributed by atoms with Gasteiger partial charge < -0.3 is 9.64 Å². The SMILES string of the molecule is C[C@@H]1[C@H]2C[C@@H]3N(CC[C@@]34C(=O)N(Cc3cccc(F)c3)c3ccccc34)C[C@@H]2CC[C@@H]1OCc1cccc(F)c1.O=C=O. The van der Waals surface area contributed by atoms with Crippen LogP contribution < -0.4 is 4.90 Å². The van der Waals surface area contributed by atoms with Crippen molar-refractivity contribution in [2.24, 2.45) is 17.8 Å². The van der Waals surface area contributed by atoms with Crippen LogP contribution in [-0.2, 0) is 37.7 Å². The highest BCUT2D eigenvalue weighted by Crippen LogP contribution is 2.56. The van der Waals surface area contributed by atoms with Gasteiger partial charge in [0, 0.05) is 18.3 Å². The van der Waals surface area contributed by atoms with Gasteiger partial charge in [0.1, 0.15) is 11.6 Å². The highest BCUT2D eigenvalue weighted by Gasteiger charge is 2.62. The summed E-state index contributed by atoms with van der Waals surface area (Å²) >= 11 is 0. The van der Waals surface area contributed by atoms with Crippen molar-refractivity contribution in [3.63, 3.8) is 0 Å². The Labute approximate surface area is 250 Å². The molecule has 1 aliphatic carbocycles. The smallest absolute Gasteiger partial charge is 0.373 e. The molecule has 3 aromatic carbocycles. The molecule has 1 spiro atoms. The van der Waals surface area contributed by atoms with E-state index in [1.165, 1.54) is 18.2 Å². The van der Waals surface area contributed by atoms with Crippen LogP contribution in [0.5, 0.6) is 0 Å². The van der Waals surface area contributed by atoms with E-state index < -0.39 is 5.41 Å². The lowest BCUT2D eigenvalue weighted by atomic mass is 9.62. The van der Waals surface area contributed by atoms with Gasteiger partial charge in [-0.15, -0.1) is 0 Å². The van der Waals surface area contributed by atoms with Gasteiger partial charge >= 0.3 is 6.15 Å². The molecule has 0 aromatic heterocycles. The van der Waals surface area contributed by atoms with E-state index in [9.17, 15) is 13.6 Å². The van der Waals surface area contributed by atoms with Gasteiger partial charge in [0.25, 0.3) is 0 Å². The summed E-state index contributed by atoms with van der Waals surface area (Å²) in [6.45, 7) is 5.06. The van der Waals surface area contributed by atoms with Crippen molar-refractivity contribution < 1.29 is 27.9 Å². The number of benzene rings is 3. The number of hydrogen-bond donors (Lipinski definition) is 0. The summed E-state index contributed by atoms with van der Waals surface area (Å²) in [6, 6.07) is 21.6. The van der Waals surface area contributed by atoms with Crippen LogP contribution in [0.15, 0.2) is 72.8 Å². The molecule has 0 N–H and O–H groups in total. The van der Waals surface area contributed by atoms with Gasteiger partial charge in [-0.05, 0) is 97.0 Å². The lowest BCUT2D eigenvalue weighted by Crippen LogP contribution is -2.57. The number of carbonyl (C=O) groups is 1. The molecule has 3 heterocycles. The topological polar surface area (TPSA) is 66.9 Å². The van der Waals surface area contributed by atoms with E-state index >= 15 is 0 Å². The number of ether oxygens (including phenoxy) is 1. The van der Waals surface area contributed by atoms with Crippen LogP contribution in [0.3, 0.4) is 0 Å². The van der Waals surface area contributed by atoms with Gasteiger partial charge in [-0.1, -0.05) is 49.4 Å². The van der Waals surface area contributed by atoms with Gasteiger partial charge in [-0.2, -0.15) is 9.59 Å². The molecule has 6 atom stereocenters. The molecule has 2 saturated heterocycles. The molecular formula is C35H36F2N2O4. The summed E-state index contributed by atoms with van der Waals surface area (Å²) < 4.78 is 34.1. The predicted octanol–water partition coefficient (Wildman–Crippen LogP) is 5.89. The number of para-hydroxylation sites is 1. The zero-order chi connectivity index (χ0) is 30.1. The van der Waals surface area contributed by atoms with Gasteiger partial charge in [-0.25, -0.2) is 8.78 Å². The Bertz CT molecular complexity index is 1520. The van der Waals surface area contributed by atoms with Gasteiger partial charge in [0.05, 0.1) is 24.7 Å². The summed E-state index contributed by atoms with van der Waals surface area (Å²) in [5.41, 5.74) is 3.20. The number of fused-ring (bicyclic) bond motifs is 5. The number of rotatable bonds is 5. The van der Waals surface area contributed by atoms with Gasteiger partial charge in [-0.3, -0.25) is 9.69 Å². The molecule has 3 aromatic rings. The zero-order valence-electron chi connectivity index (χ0n) is 24.3. The minimum atomic E-state index is -0.566. The van der Waals surface area contributed by atoms with Crippen molar-refractivity contribution >= 4 is 17.7 Å². The van der Waals surface area contributed by atoms with E-state index in [2.05, 4.69) is 24.0 Å². The summed E-state index contributed by atoms with van der Waals surface area (Å²) in [4.78, 5) is 35.2. The summed E-state index contributed by atoms with van der Waals surface area (Å²) in [5, 5.41) is 0. The van der Waals surface area contributed by atoms with Gasteiger partial charge in [0.2, 0.25) is 5.91 Å². The van der Waals surface area contributed by atoms with E-state index in [0.29, 0.717) is 30.9 Å². The third-order valence-corrected chi connectivity index (χ3v) is 10.3. The molecule has 8 heteroatoms. The number of nitrogens with zero attached hydrogens (tertiary/aromatic N) is 2. The molecule has 3 aliphatic heterocycles. The van der Waals surface area contributed by atoms with Crippen LogP contribution in [0.2, 0.25) is 0 Å². The zero-order valence-corrected chi connectivity index (χ0v) is 24.3. The van der Waals surface area contributed by atoms with Crippen molar-refractivity contribution in [1.82, 2.24) is 4.90 Å². The molecule has 0 radical (unpaired) electrons. The second kappa shape index (κ2) is 12.1. The van der Waals surface area contributed by atoms with Crippen molar-refractivity contribution in [3.05, 3.63) is 101 Å². The molecule has 43 heavy (non-hydrogen) atoms. The Kier molecular flexibility index (Phi) is 8.27. The molecule has 0 bridgehead atoms. The van der Waals surface area contributed by atoms with Crippen molar-refractivity contribution in [3.8, 4) is 0 Å². The van der Waals surface area contributed by atoms with Gasteiger partial charge in [0.15, 0.2) is 0 Å². The van der Waals surface area contributed by atoms with E-state index in [-0.39, 0.29) is 35.8 Å². The molecule has 224 valence electrons. The Hall–Kier alpha value is -3.71. The van der Waals surface area contributed by atoms with Crippen LogP contribution in [-0.4, -0.2) is 42.2 Å². The van der Waals surface area contributed by atoms with E-state index in [1.807, 2.05) is 29.2 Å². The van der Waals surface area contributed by atoms with Crippen LogP contribution in [0, 0.1) is 29.4 Å². The first kappa shape index (κ1) is 29.4. The normalized spacial score (nSPS) is 29.3. The maximum absolute atomic E-state index is 14.5. The maximum Gasteiger partial charge on any atom is 0.373 e. The molecule has 1 amide bonds. The average molecular weight is 587 g/mol. The van der Waals surface area contributed by atoms with Crippen molar-refractivity contribution in [1.29, 1.82) is 0 Å². The third kappa shape index (κ3) is 5.33. The van der Waals surface area contributed by atoms with Crippen LogP contribution in [0.25, 0.3) is 0 Å². The fourth-order valence-electron chi connectivity index (χ4n) is 8.43. The highest BCUT2D eigenvalue weighted by atomic mass is 19.1. The van der Waals surface area contributed by atoms with E-state index in [0.717, 1.165) is 61.2 Å². The first-order valence-corrected chi connectivity index (χ1v) is 15.1. The van der Waals surface area contributed by atoms with Crippen LogP contribution >= 0.6 is 0 Å². The number of carbonyl (C=O) groups excluding carboxylic acids is 3. The Morgan fingerprint density at radius 1 is 0.953 bits per heavy atom. The fourth-order valence-corrected chi connectivity index (χ4v) is 8.43. The van der Waals surface area contributed by atoms with Crippen LogP contribution in [0.4, 0.5) is 14.5 Å². The minimum absolute atomic E-state index is 0.129. The molecule has 7 rings (SSSR count). The molecule has 6 nitrogen and oxygen atoms in total. The quantitative estimate of drug-likeness (QED) is 0.373.